The Balaban J connectivity index is 1.66. The van der Waals surface area contributed by atoms with Crippen LogP contribution in [-0.4, -0.2) is 22.1 Å². The molecule has 0 aliphatic carbocycles. The minimum atomic E-state index is -0.281. The number of nitrogens with zero attached hydrogens (tertiary/aromatic N) is 3. The fourth-order valence-corrected chi connectivity index (χ4v) is 3.41. The smallest absolute Gasteiger partial charge is 0.267 e. The van der Waals surface area contributed by atoms with Crippen LogP contribution in [0.5, 0.6) is 0 Å². The number of fused-ring (bicyclic) bond motifs is 1. The number of carbonyl (C=O) groups is 1. The van der Waals surface area contributed by atoms with Crippen molar-refractivity contribution in [2.45, 2.75) is 26.2 Å². The number of aromatic nitrogens is 2. The fourth-order valence-electron chi connectivity index (χ4n) is 3.41. The van der Waals surface area contributed by atoms with Crippen molar-refractivity contribution >= 4 is 23.0 Å². The van der Waals surface area contributed by atoms with Crippen molar-refractivity contribution in [3.05, 3.63) is 95.8 Å². The van der Waals surface area contributed by atoms with Crippen molar-refractivity contribution < 1.29 is 4.79 Å². The summed E-state index contributed by atoms with van der Waals surface area (Å²) in [5.74, 6) is 0.230. The van der Waals surface area contributed by atoms with E-state index in [4.69, 9.17) is 4.98 Å². The van der Waals surface area contributed by atoms with Crippen LogP contribution in [0.3, 0.4) is 0 Å². The highest BCUT2D eigenvalue weighted by Crippen LogP contribution is 2.27. The second-order valence-electron chi connectivity index (χ2n) is 7.49. The number of pyridine rings is 2. The summed E-state index contributed by atoms with van der Waals surface area (Å²) < 4.78 is 0. The van der Waals surface area contributed by atoms with Gasteiger partial charge < -0.3 is 0 Å². The Morgan fingerprint density at radius 1 is 1.10 bits per heavy atom. The van der Waals surface area contributed by atoms with Crippen LogP contribution >= 0.6 is 0 Å². The molecule has 2 heterocycles. The summed E-state index contributed by atoms with van der Waals surface area (Å²) in [7, 11) is 0. The number of hydrogen-bond donors (Lipinski definition) is 1. The zero-order valence-corrected chi connectivity index (χ0v) is 17.6. The Morgan fingerprint density at radius 3 is 2.65 bits per heavy atom. The molecular weight excluding hydrogens is 384 g/mol. The van der Waals surface area contributed by atoms with E-state index in [9.17, 15) is 4.79 Å². The van der Waals surface area contributed by atoms with Crippen molar-refractivity contribution in [2.24, 2.45) is 5.10 Å². The van der Waals surface area contributed by atoms with E-state index in [1.807, 2.05) is 42.5 Å². The molecule has 0 saturated carbocycles. The Morgan fingerprint density at radius 2 is 1.90 bits per heavy atom. The summed E-state index contributed by atoms with van der Waals surface area (Å²) in [5, 5.41) is 4.87. The van der Waals surface area contributed by atoms with Gasteiger partial charge in [0.2, 0.25) is 0 Å². The van der Waals surface area contributed by atoms with Gasteiger partial charge in [-0.25, -0.2) is 10.4 Å². The van der Waals surface area contributed by atoms with Crippen LogP contribution in [0.1, 0.15) is 47.7 Å². The molecule has 0 aliphatic rings. The third-order valence-corrected chi connectivity index (χ3v) is 5.41. The van der Waals surface area contributed by atoms with Crippen LogP contribution < -0.4 is 5.43 Å². The van der Waals surface area contributed by atoms with Gasteiger partial charge >= 0.3 is 0 Å². The first-order chi connectivity index (χ1) is 15.2. The van der Waals surface area contributed by atoms with Gasteiger partial charge in [-0.05, 0) is 36.1 Å². The number of benzene rings is 2. The molecule has 1 N–H and O–H groups in total. The van der Waals surface area contributed by atoms with Gasteiger partial charge in [0.05, 0.1) is 23.0 Å². The van der Waals surface area contributed by atoms with Crippen LogP contribution in [0, 0.1) is 0 Å². The van der Waals surface area contributed by atoms with Gasteiger partial charge in [0.15, 0.2) is 0 Å². The van der Waals surface area contributed by atoms with E-state index in [1.54, 1.807) is 18.6 Å². The highest BCUT2D eigenvalue weighted by molar-refractivity contribution is 6.07. The molecule has 0 bridgehead atoms. The maximum absolute atomic E-state index is 12.9. The normalized spacial score (nSPS) is 12.2. The van der Waals surface area contributed by atoms with Crippen LogP contribution in [0.2, 0.25) is 0 Å². The molecule has 31 heavy (non-hydrogen) atoms. The molecule has 4 aromatic rings. The SMILES string of the molecule is CCC(C)c1ccc(-c2cc(C(=O)N/N=C/c3cccnc3)c3ccccc3n2)cc1. The molecule has 5 heteroatoms. The van der Waals surface area contributed by atoms with E-state index < -0.39 is 0 Å². The summed E-state index contributed by atoms with van der Waals surface area (Å²) in [4.78, 5) is 21.8. The molecule has 0 radical (unpaired) electrons. The minimum absolute atomic E-state index is 0.281. The maximum atomic E-state index is 12.9. The lowest BCUT2D eigenvalue weighted by Gasteiger charge is -2.11. The van der Waals surface area contributed by atoms with E-state index >= 15 is 0 Å². The monoisotopic (exact) mass is 408 g/mol. The Labute approximate surface area is 181 Å². The molecule has 0 saturated heterocycles. The summed E-state index contributed by atoms with van der Waals surface area (Å²) >= 11 is 0. The van der Waals surface area contributed by atoms with E-state index in [1.165, 1.54) is 5.56 Å². The maximum Gasteiger partial charge on any atom is 0.272 e. The molecule has 154 valence electrons. The molecule has 2 aromatic carbocycles. The molecule has 1 unspecified atom stereocenters. The third kappa shape index (κ3) is 4.67. The molecule has 4 rings (SSSR count). The number of para-hydroxylation sites is 1. The second kappa shape index (κ2) is 9.30. The zero-order chi connectivity index (χ0) is 21.6. The topological polar surface area (TPSA) is 67.2 Å². The number of amides is 1. The lowest BCUT2D eigenvalue weighted by atomic mass is 9.96. The Hall–Kier alpha value is -3.86. The quantitative estimate of drug-likeness (QED) is 0.335. The third-order valence-electron chi connectivity index (χ3n) is 5.41. The van der Waals surface area contributed by atoms with Crippen molar-refractivity contribution in [2.75, 3.05) is 0 Å². The summed E-state index contributed by atoms with van der Waals surface area (Å²) in [5.41, 5.74) is 7.78. The second-order valence-corrected chi connectivity index (χ2v) is 7.49. The number of nitrogens with one attached hydrogen (secondary N) is 1. The van der Waals surface area contributed by atoms with Crippen molar-refractivity contribution in [3.8, 4) is 11.3 Å². The first-order valence-corrected chi connectivity index (χ1v) is 10.4. The van der Waals surface area contributed by atoms with Crippen LogP contribution in [0.25, 0.3) is 22.2 Å². The summed E-state index contributed by atoms with van der Waals surface area (Å²) in [6.07, 6.45) is 6.04. The highest BCUT2D eigenvalue weighted by Gasteiger charge is 2.14. The minimum Gasteiger partial charge on any atom is -0.267 e. The molecule has 2 aromatic heterocycles. The molecule has 0 spiro atoms. The van der Waals surface area contributed by atoms with Gasteiger partial charge in [0.25, 0.3) is 5.91 Å². The van der Waals surface area contributed by atoms with Gasteiger partial charge in [-0.2, -0.15) is 5.10 Å². The van der Waals surface area contributed by atoms with Gasteiger partial charge in [-0.15, -0.1) is 0 Å². The number of hydrazone groups is 1. The first kappa shape index (κ1) is 20.4. The standard InChI is InChI=1S/C26H24N4O/c1-3-18(2)20-10-12-21(13-11-20)25-15-23(22-8-4-5-9-24(22)29-25)26(31)30-28-17-19-7-6-14-27-16-19/h4-18H,3H2,1-2H3,(H,30,31)/b28-17+. The summed E-state index contributed by atoms with van der Waals surface area (Å²) in [6.45, 7) is 4.41. The zero-order valence-electron chi connectivity index (χ0n) is 17.6. The Kier molecular flexibility index (Phi) is 6.13. The number of hydrogen-bond acceptors (Lipinski definition) is 4. The summed E-state index contributed by atoms with van der Waals surface area (Å²) in [6, 6.07) is 21.6. The first-order valence-electron chi connectivity index (χ1n) is 10.4. The highest BCUT2D eigenvalue weighted by atomic mass is 16.2. The van der Waals surface area contributed by atoms with E-state index in [0.29, 0.717) is 11.5 Å². The van der Waals surface area contributed by atoms with Crippen molar-refractivity contribution in [1.82, 2.24) is 15.4 Å². The molecule has 0 fully saturated rings. The van der Waals surface area contributed by atoms with Crippen molar-refractivity contribution in [3.63, 3.8) is 0 Å². The van der Waals surface area contributed by atoms with Crippen molar-refractivity contribution in [1.29, 1.82) is 0 Å². The molecule has 5 nitrogen and oxygen atoms in total. The molecular formula is C26H24N4O. The van der Waals surface area contributed by atoms with Gasteiger partial charge in [-0.3, -0.25) is 9.78 Å². The van der Waals surface area contributed by atoms with Crippen LogP contribution in [0.4, 0.5) is 0 Å². The fraction of sp³-hybridized carbons (Fsp3) is 0.154. The average molecular weight is 409 g/mol. The largest absolute Gasteiger partial charge is 0.272 e. The lowest BCUT2D eigenvalue weighted by Crippen LogP contribution is -2.18. The van der Waals surface area contributed by atoms with Gasteiger partial charge in [-0.1, -0.05) is 62.4 Å². The van der Waals surface area contributed by atoms with Gasteiger partial charge in [0, 0.05) is 28.9 Å². The predicted octanol–water partition coefficient (Wildman–Crippen LogP) is 5.57. The van der Waals surface area contributed by atoms with E-state index in [-0.39, 0.29) is 5.91 Å². The lowest BCUT2D eigenvalue weighted by molar-refractivity contribution is 0.0956. The predicted molar refractivity (Wildman–Crippen MR) is 125 cm³/mol. The van der Waals surface area contributed by atoms with E-state index in [0.717, 1.165) is 34.1 Å². The average Bonchev–Trinajstić information content (AvgIpc) is 2.83. The van der Waals surface area contributed by atoms with Crippen LogP contribution in [-0.2, 0) is 0 Å². The van der Waals surface area contributed by atoms with Crippen LogP contribution in [0.15, 0.2) is 84.2 Å². The number of rotatable bonds is 6. The molecule has 1 amide bonds. The molecule has 0 aliphatic heterocycles. The van der Waals surface area contributed by atoms with Gasteiger partial charge in [0.1, 0.15) is 0 Å². The van der Waals surface area contributed by atoms with E-state index in [2.05, 4.69) is 53.6 Å². The molecule has 1 atom stereocenters. The Bertz CT molecular complexity index is 1220. The number of carbonyl (C=O) groups excluding carboxylic acids is 1.